The van der Waals surface area contributed by atoms with E-state index in [-0.39, 0.29) is 10.6 Å². The monoisotopic (exact) mass is 324 g/mol. The van der Waals surface area contributed by atoms with Crippen LogP contribution in [0.15, 0.2) is 47.4 Å². The molecule has 0 atom stereocenters. The van der Waals surface area contributed by atoms with E-state index in [2.05, 4.69) is 0 Å². The zero-order valence-electron chi connectivity index (χ0n) is 11.9. The maximum atomic E-state index is 12.9. The Labute approximate surface area is 130 Å². The lowest BCUT2D eigenvalue weighted by Gasteiger charge is -2.25. The van der Waals surface area contributed by atoms with Gasteiger partial charge in [-0.2, -0.15) is 0 Å². The molecule has 2 rings (SSSR count). The molecule has 0 bridgehead atoms. The molecule has 0 radical (unpaired) electrons. The Bertz CT molecular complexity index is 760. The number of hydrogen-bond donors (Lipinski definition) is 1. The van der Waals surface area contributed by atoms with Crippen LogP contribution in [-0.2, 0) is 10.0 Å². The molecule has 0 saturated heterocycles. The normalized spacial score (nSPS) is 11.4. The van der Waals surface area contributed by atoms with Crippen LogP contribution in [0.3, 0.4) is 0 Å². The third-order valence-electron chi connectivity index (χ3n) is 3.21. The molecule has 0 amide bonds. The second-order valence-electron chi connectivity index (χ2n) is 4.64. The molecular formula is C15H17ClN2O2S. The van der Waals surface area contributed by atoms with Crippen LogP contribution in [-0.4, -0.2) is 15.0 Å². The second-order valence-corrected chi connectivity index (χ2v) is 6.91. The Balaban J connectivity index is 2.58. The molecule has 0 aliphatic rings. The van der Waals surface area contributed by atoms with Gasteiger partial charge in [-0.3, -0.25) is 4.31 Å². The lowest BCUT2D eigenvalue weighted by Crippen LogP contribution is -2.31. The fraction of sp³-hybridized carbons (Fsp3) is 0.200. The Morgan fingerprint density at radius 1 is 1.19 bits per heavy atom. The summed E-state index contributed by atoms with van der Waals surface area (Å²) in [4.78, 5) is 0.0667. The van der Waals surface area contributed by atoms with Crippen molar-refractivity contribution < 1.29 is 8.42 Å². The third kappa shape index (κ3) is 2.99. The van der Waals surface area contributed by atoms with Crippen molar-refractivity contribution in [1.29, 1.82) is 0 Å². The average Bonchev–Trinajstić information content (AvgIpc) is 2.41. The summed E-state index contributed by atoms with van der Waals surface area (Å²) in [6.07, 6.45) is 0. The average molecular weight is 325 g/mol. The molecule has 6 heteroatoms. The van der Waals surface area contributed by atoms with Crippen LogP contribution in [0.4, 0.5) is 11.4 Å². The van der Waals surface area contributed by atoms with Crippen molar-refractivity contribution in [3.63, 3.8) is 0 Å². The summed E-state index contributed by atoms with van der Waals surface area (Å²) in [7, 11) is -3.72. The standard InChI is InChI=1S/C15H17ClN2O2S/c1-3-18(14-7-5-4-6-11(14)2)21(19,20)15-9-8-12(16)10-13(15)17/h4-10H,3,17H2,1-2H3. The highest BCUT2D eigenvalue weighted by Gasteiger charge is 2.26. The second kappa shape index (κ2) is 5.95. The molecule has 2 aromatic carbocycles. The minimum atomic E-state index is -3.72. The van der Waals surface area contributed by atoms with Crippen molar-refractivity contribution in [1.82, 2.24) is 0 Å². The molecule has 112 valence electrons. The molecule has 0 unspecified atom stereocenters. The Morgan fingerprint density at radius 3 is 2.43 bits per heavy atom. The van der Waals surface area contributed by atoms with Crippen molar-refractivity contribution in [2.75, 3.05) is 16.6 Å². The van der Waals surface area contributed by atoms with Gasteiger partial charge in [-0.1, -0.05) is 29.8 Å². The molecule has 0 aromatic heterocycles. The number of sulfonamides is 1. The van der Waals surface area contributed by atoms with Gasteiger partial charge >= 0.3 is 0 Å². The number of nitrogen functional groups attached to an aromatic ring is 1. The lowest BCUT2D eigenvalue weighted by molar-refractivity contribution is 0.592. The molecule has 21 heavy (non-hydrogen) atoms. The Morgan fingerprint density at radius 2 is 1.86 bits per heavy atom. The smallest absolute Gasteiger partial charge is 0.266 e. The van der Waals surface area contributed by atoms with Gasteiger partial charge in [-0.25, -0.2) is 8.42 Å². The van der Waals surface area contributed by atoms with Crippen molar-refractivity contribution >= 4 is 33.0 Å². The van der Waals surface area contributed by atoms with Gasteiger partial charge in [0.2, 0.25) is 0 Å². The molecular weight excluding hydrogens is 308 g/mol. The summed E-state index contributed by atoms with van der Waals surface area (Å²) in [5.74, 6) is 0. The number of anilines is 2. The molecule has 4 nitrogen and oxygen atoms in total. The predicted octanol–water partition coefficient (Wildman–Crippen LogP) is 3.45. The topological polar surface area (TPSA) is 63.4 Å². The van der Waals surface area contributed by atoms with E-state index in [1.807, 2.05) is 25.1 Å². The van der Waals surface area contributed by atoms with E-state index in [0.717, 1.165) is 5.56 Å². The highest BCUT2D eigenvalue weighted by atomic mass is 35.5. The first-order valence-electron chi connectivity index (χ1n) is 6.51. The van der Waals surface area contributed by atoms with Crippen LogP contribution in [0.1, 0.15) is 12.5 Å². The highest BCUT2D eigenvalue weighted by molar-refractivity contribution is 7.93. The molecule has 0 saturated carbocycles. The summed E-state index contributed by atoms with van der Waals surface area (Å²) in [6.45, 7) is 3.98. The zero-order chi connectivity index (χ0) is 15.6. The summed E-state index contributed by atoms with van der Waals surface area (Å²) >= 11 is 5.83. The van der Waals surface area contributed by atoms with Gasteiger partial charge in [0.05, 0.1) is 11.4 Å². The number of hydrogen-bond acceptors (Lipinski definition) is 3. The molecule has 0 spiro atoms. The van der Waals surface area contributed by atoms with Crippen molar-refractivity contribution in [2.24, 2.45) is 0 Å². The number of benzene rings is 2. The molecule has 2 N–H and O–H groups in total. The van der Waals surface area contributed by atoms with Gasteiger partial charge in [-0.15, -0.1) is 0 Å². The van der Waals surface area contributed by atoms with Crippen molar-refractivity contribution in [3.8, 4) is 0 Å². The molecule has 2 aromatic rings. The van der Waals surface area contributed by atoms with E-state index in [1.165, 1.54) is 22.5 Å². The van der Waals surface area contributed by atoms with Crippen LogP contribution in [0.2, 0.25) is 5.02 Å². The lowest BCUT2D eigenvalue weighted by atomic mass is 10.2. The van der Waals surface area contributed by atoms with Gasteiger partial charge in [0.25, 0.3) is 10.0 Å². The van der Waals surface area contributed by atoms with Crippen LogP contribution in [0.25, 0.3) is 0 Å². The van der Waals surface area contributed by atoms with Crippen LogP contribution < -0.4 is 10.0 Å². The number of halogens is 1. The SMILES string of the molecule is CCN(c1ccccc1C)S(=O)(=O)c1ccc(Cl)cc1N. The minimum absolute atomic E-state index is 0.0667. The van der Waals surface area contributed by atoms with Gasteiger partial charge in [0.15, 0.2) is 0 Å². The molecule has 0 aliphatic heterocycles. The van der Waals surface area contributed by atoms with Gasteiger partial charge in [-0.05, 0) is 43.7 Å². The van der Waals surface area contributed by atoms with Crippen LogP contribution in [0.5, 0.6) is 0 Å². The van der Waals surface area contributed by atoms with E-state index in [1.54, 1.807) is 13.0 Å². The maximum Gasteiger partial charge on any atom is 0.266 e. The largest absolute Gasteiger partial charge is 0.398 e. The van der Waals surface area contributed by atoms with Crippen LogP contribution >= 0.6 is 11.6 Å². The summed E-state index contributed by atoms with van der Waals surface area (Å²) in [5.41, 5.74) is 7.51. The Hall–Kier alpha value is -1.72. The molecule has 0 fully saturated rings. The fourth-order valence-corrected chi connectivity index (χ4v) is 4.00. The van der Waals surface area contributed by atoms with Gasteiger partial charge in [0, 0.05) is 11.6 Å². The van der Waals surface area contributed by atoms with Crippen LogP contribution in [0, 0.1) is 6.92 Å². The molecule has 0 heterocycles. The van der Waals surface area contributed by atoms with Gasteiger partial charge in [0.1, 0.15) is 4.90 Å². The number of para-hydroxylation sites is 1. The van der Waals surface area contributed by atoms with E-state index >= 15 is 0 Å². The summed E-state index contributed by atoms with van der Waals surface area (Å²) in [6, 6.07) is 11.7. The fourth-order valence-electron chi connectivity index (χ4n) is 2.19. The first-order valence-corrected chi connectivity index (χ1v) is 8.33. The quantitative estimate of drug-likeness (QED) is 0.876. The summed E-state index contributed by atoms with van der Waals surface area (Å²) in [5, 5.41) is 0.408. The number of aryl methyl sites for hydroxylation is 1. The van der Waals surface area contributed by atoms with E-state index in [9.17, 15) is 8.42 Å². The number of nitrogens with two attached hydrogens (primary N) is 1. The van der Waals surface area contributed by atoms with E-state index in [0.29, 0.717) is 17.3 Å². The first kappa shape index (κ1) is 15.7. The summed E-state index contributed by atoms with van der Waals surface area (Å²) < 4.78 is 27.1. The number of rotatable bonds is 4. The number of nitrogens with zero attached hydrogens (tertiary/aromatic N) is 1. The zero-order valence-corrected chi connectivity index (χ0v) is 13.4. The predicted molar refractivity (Wildman–Crippen MR) is 87.2 cm³/mol. The van der Waals surface area contributed by atoms with E-state index < -0.39 is 10.0 Å². The molecule has 0 aliphatic carbocycles. The van der Waals surface area contributed by atoms with E-state index in [4.69, 9.17) is 17.3 Å². The first-order chi connectivity index (χ1) is 9.87. The van der Waals surface area contributed by atoms with Crippen molar-refractivity contribution in [3.05, 3.63) is 53.1 Å². The Kier molecular flexibility index (Phi) is 4.44. The van der Waals surface area contributed by atoms with Crippen molar-refractivity contribution in [2.45, 2.75) is 18.7 Å². The third-order valence-corrected chi connectivity index (χ3v) is 5.41. The maximum absolute atomic E-state index is 12.9. The van der Waals surface area contributed by atoms with Gasteiger partial charge < -0.3 is 5.73 Å². The highest BCUT2D eigenvalue weighted by Crippen LogP contribution is 2.30. The minimum Gasteiger partial charge on any atom is -0.398 e.